The van der Waals surface area contributed by atoms with E-state index in [0.29, 0.717) is 19.5 Å². The first kappa shape index (κ1) is 15.5. The molecule has 5 nitrogen and oxygen atoms in total. The number of rotatable bonds is 5. The summed E-state index contributed by atoms with van der Waals surface area (Å²) in [6, 6.07) is 7.55. The molecule has 21 heavy (non-hydrogen) atoms. The van der Waals surface area contributed by atoms with Crippen LogP contribution in [-0.4, -0.2) is 53.0 Å². The van der Waals surface area contributed by atoms with Crippen LogP contribution >= 0.6 is 0 Å². The molecule has 0 bridgehead atoms. The van der Waals surface area contributed by atoms with Crippen molar-refractivity contribution in [1.29, 1.82) is 0 Å². The molecule has 1 heterocycles. The lowest BCUT2D eigenvalue weighted by Crippen LogP contribution is -2.43. The zero-order valence-corrected chi connectivity index (χ0v) is 12.6. The van der Waals surface area contributed by atoms with Crippen molar-refractivity contribution in [3.8, 4) is 0 Å². The minimum atomic E-state index is -0.832. The van der Waals surface area contributed by atoms with Crippen LogP contribution in [0.4, 0.5) is 0 Å². The predicted octanol–water partition coefficient (Wildman–Crippen LogP) is 1.50. The molecule has 0 radical (unpaired) electrons. The van der Waals surface area contributed by atoms with E-state index in [-0.39, 0.29) is 12.5 Å². The number of nitrogens with zero attached hydrogens (tertiary/aromatic N) is 2. The number of carbonyl (C=O) groups excluding carboxylic acids is 1. The molecular weight excluding hydrogens is 268 g/mol. The van der Waals surface area contributed by atoms with Crippen molar-refractivity contribution >= 4 is 11.9 Å². The largest absolute Gasteiger partial charge is 0.480 e. The number of carboxylic acids is 1. The van der Waals surface area contributed by atoms with E-state index in [9.17, 15) is 9.59 Å². The van der Waals surface area contributed by atoms with E-state index in [2.05, 4.69) is 0 Å². The average molecular weight is 290 g/mol. The number of benzene rings is 1. The van der Waals surface area contributed by atoms with Gasteiger partial charge in [0.2, 0.25) is 5.91 Å². The van der Waals surface area contributed by atoms with Crippen LogP contribution in [0, 0.1) is 6.92 Å². The van der Waals surface area contributed by atoms with E-state index in [4.69, 9.17) is 5.11 Å². The molecule has 1 unspecified atom stereocenters. The maximum absolute atomic E-state index is 12.2. The number of aliphatic carboxylic acids is 1. The van der Waals surface area contributed by atoms with Gasteiger partial charge < -0.3 is 10.0 Å². The Morgan fingerprint density at radius 1 is 1.33 bits per heavy atom. The molecular formula is C16H22N2O3. The second-order valence-corrected chi connectivity index (χ2v) is 5.70. The molecule has 5 heteroatoms. The first-order chi connectivity index (χ1) is 9.97. The van der Waals surface area contributed by atoms with Crippen LogP contribution in [0.2, 0.25) is 0 Å². The molecule has 1 aliphatic rings. The van der Waals surface area contributed by atoms with Gasteiger partial charge in [0, 0.05) is 13.6 Å². The van der Waals surface area contributed by atoms with E-state index in [1.807, 2.05) is 31.2 Å². The number of likely N-dealkylation sites (tertiary alicyclic amines) is 1. The molecule has 114 valence electrons. The lowest BCUT2D eigenvalue weighted by molar-refractivity contribution is -0.143. The molecule has 0 saturated carbocycles. The second kappa shape index (κ2) is 6.72. The minimum Gasteiger partial charge on any atom is -0.480 e. The number of carbonyl (C=O) groups is 2. The predicted molar refractivity (Wildman–Crippen MR) is 79.9 cm³/mol. The smallest absolute Gasteiger partial charge is 0.320 e. The van der Waals surface area contributed by atoms with E-state index < -0.39 is 12.0 Å². The molecule has 1 N–H and O–H groups in total. The van der Waals surface area contributed by atoms with Gasteiger partial charge in [0.15, 0.2) is 0 Å². The Balaban J connectivity index is 1.90. The van der Waals surface area contributed by atoms with Gasteiger partial charge in [-0.3, -0.25) is 14.5 Å². The van der Waals surface area contributed by atoms with Gasteiger partial charge in [0.25, 0.3) is 0 Å². The first-order valence-corrected chi connectivity index (χ1v) is 7.23. The van der Waals surface area contributed by atoms with Crippen LogP contribution in [-0.2, 0) is 16.1 Å². The zero-order chi connectivity index (χ0) is 15.4. The lowest BCUT2D eigenvalue weighted by Gasteiger charge is -2.24. The van der Waals surface area contributed by atoms with Crippen LogP contribution in [0.25, 0.3) is 0 Å². The van der Waals surface area contributed by atoms with Gasteiger partial charge in [-0.2, -0.15) is 0 Å². The SMILES string of the molecule is Cc1ccc(CN(C)C(=O)CN2CCCC2C(=O)O)cc1. The molecule has 1 aliphatic heterocycles. The summed E-state index contributed by atoms with van der Waals surface area (Å²) in [6.07, 6.45) is 1.47. The van der Waals surface area contributed by atoms with Gasteiger partial charge >= 0.3 is 5.97 Å². The summed E-state index contributed by atoms with van der Waals surface area (Å²) in [7, 11) is 1.76. The third-order valence-corrected chi connectivity index (χ3v) is 3.95. The fourth-order valence-electron chi connectivity index (χ4n) is 2.65. The summed E-state index contributed by atoms with van der Waals surface area (Å²) >= 11 is 0. The molecule has 1 saturated heterocycles. The summed E-state index contributed by atoms with van der Waals surface area (Å²) in [4.78, 5) is 26.8. The number of hydrogen-bond acceptors (Lipinski definition) is 3. The molecule has 0 aliphatic carbocycles. The van der Waals surface area contributed by atoms with Crippen molar-refractivity contribution in [3.63, 3.8) is 0 Å². The van der Waals surface area contributed by atoms with Gasteiger partial charge in [-0.1, -0.05) is 29.8 Å². The highest BCUT2D eigenvalue weighted by Gasteiger charge is 2.32. The van der Waals surface area contributed by atoms with Crippen molar-refractivity contribution in [2.24, 2.45) is 0 Å². The van der Waals surface area contributed by atoms with Gasteiger partial charge in [-0.05, 0) is 31.9 Å². The average Bonchev–Trinajstić information content (AvgIpc) is 2.89. The van der Waals surface area contributed by atoms with E-state index >= 15 is 0 Å². The number of likely N-dealkylation sites (N-methyl/N-ethyl adjacent to an activating group) is 1. The molecule has 1 atom stereocenters. The maximum Gasteiger partial charge on any atom is 0.320 e. The van der Waals surface area contributed by atoms with Crippen molar-refractivity contribution in [2.75, 3.05) is 20.1 Å². The van der Waals surface area contributed by atoms with E-state index in [0.717, 1.165) is 12.0 Å². The standard InChI is InChI=1S/C16H22N2O3/c1-12-5-7-13(8-6-12)10-17(2)15(19)11-18-9-3-4-14(18)16(20)21/h5-8,14H,3-4,9-11H2,1-2H3,(H,20,21). The van der Waals surface area contributed by atoms with Crippen LogP contribution in [0.3, 0.4) is 0 Å². The number of amides is 1. The highest BCUT2D eigenvalue weighted by molar-refractivity contribution is 5.80. The van der Waals surface area contributed by atoms with Crippen LogP contribution in [0.1, 0.15) is 24.0 Å². The highest BCUT2D eigenvalue weighted by atomic mass is 16.4. The molecule has 1 amide bonds. The first-order valence-electron chi connectivity index (χ1n) is 7.23. The van der Waals surface area contributed by atoms with Crippen molar-refractivity contribution in [1.82, 2.24) is 9.80 Å². The summed E-state index contributed by atoms with van der Waals surface area (Å²) in [5, 5.41) is 9.13. The van der Waals surface area contributed by atoms with Gasteiger partial charge in [-0.25, -0.2) is 0 Å². The summed E-state index contributed by atoms with van der Waals surface area (Å²) in [5.74, 6) is -0.870. The minimum absolute atomic E-state index is 0.0382. The van der Waals surface area contributed by atoms with Gasteiger partial charge in [0.05, 0.1) is 6.54 Å². The topological polar surface area (TPSA) is 60.9 Å². The molecule has 1 aromatic carbocycles. The normalized spacial score (nSPS) is 18.7. The number of carboxylic acid groups (broad SMARTS) is 1. The van der Waals surface area contributed by atoms with E-state index in [1.54, 1.807) is 16.8 Å². The van der Waals surface area contributed by atoms with Crippen LogP contribution < -0.4 is 0 Å². The number of aryl methyl sites for hydroxylation is 1. The van der Waals surface area contributed by atoms with E-state index in [1.165, 1.54) is 5.56 Å². The van der Waals surface area contributed by atoms with Crippen molar-refractivity contribution in [3.05, 3.63) is 35.4 Å². The molecule has 0 aromatic heterocycles. The Bertz CT molecular complexity index is 513. The van der Waals surface area contributed by atoms with Gasteiger partial charge in [0.1, 0.15) is 6.04 Å². The quantitative estimate of drug-likeness (QED) is 0.893. The summed E-state index contributed by atoms with van der Waals surface area (Å²) < 4.78 is 0. The summed E-state index contributed by atoms with van der Waals surface area (Å²) in [6.45, 7) is 3.43. The molecule has 1 aromatic rings. The fourth-order valence-corrected chi connectivity index (χ4v) is 2.65. The van der Waals surface area contributed by atoms with Crippen molar-refractivity contribution < 1.29 is 14.7 Å². The Labute approximate surface area is 125 Å². The Morgan fingerprint density at radius 3 is 2.62 bits per heavy atom. The van der Waals surface area contributed by atoms with Crippen LogP contribution in [0.5, 0.6) is 0 Å². The van der Waals surface area contributed by atoms with Gasteiger partial charge in [-0.15, -0.1) is 0 Å². The fraction of sp³-hybridized carbons (Fsp3) is 0.500. The maximum atomic E-state index is 12.2. The van der Waals surface area contributed by atoms with Crippen molar-refractivity contribution in [2.45, 2.75) is 32.4 Å². The molecule has 0 spiro atoms. The monoisotopic (exact) mass is 290 g/mol. The lowest BCUT2D eigenvalue weighted by atomic mass is 10.1. The summed E-state index contributed by atoms with van der Waals surface area (Å²) in [5.41, 5.74) is 2.27. The highest BCUT2D eigenvalue weighted by Crippen LogP contribution is 2.17. The number of hydrogen-bond donors (Lipinski definition) is 1. The molecule has 2 rings (SSSR count). The van der Waals surface area contributed by atoms with Crippen LogP contribution in [0.15, 0.2) is 24.3 Å². The third-order valence-electron chi connectivity index (χ3n) is 3.95. The zero-order valence-electron chi connectivity index (χ0n) is 12.6. The molecule has 1 fully saturated rings. The second-order valence-electron chi connectivity index (χ2n) is 5.70. The third kappa shape index (κ3) is 4.04. The Kier molecular flexibility index (Phi) is 4.96. The Morgan fingerprint density at radius 2 is 2.00 bits per heavy atom. The Hall–Kier alpha value is -1.88.